The Balaban J connectivity index is 1.70. The van der Waals surface area contributed by atoms with Crippen molar-refractivity contribution < 1.29 is 23.8 Å². The molecule has 2 heterocycles. The highest BCUT2D eigenvalue weighted by molar-refractivity contribution is 5.90. The van der Waals surface area contributed by atoms with Crippen molar-refractivity contribution in [1.82, 2.24) is 0 Å². The first kappa shape index (κ1) is 18.9. The van der Waals surface area contributed by atoms with Crippen LogP contribution >= 0.6 is 0 Å². The van der Waals surface area contributed by atoms with Gasteiger partial charge in [0.05, 0.1) is 24.5 Å². The fraction of sp³-hybridized carbons (Fsp3) is 0.120. The molecule has 0 spiro atoms. The molecule has 0 saturated carbocycles. The van der Waals surface area contributed by atoms with Crippen LogP contribution in [0.2, 0.25) is 0 Å². The number of carbonyl (C=O) groups is 1. The summed E-state index contributed by atoms with van der Waals surface area (Å²) < 4.78 is 16.6. The Kier molecular flexibility index (Phi) is 4.47. The number of esters is 1. The van der Waals surface area contributed by atoms with E-state index in [4.69, 9.17) is 13.9 Å². The van der Waals surface area contributed by atoms with Gasteiger partial charge in [-0.2, -0.15) is 0 Å². The van der Waals surface area contributed by atoms with Crippen LogP contribution in [0.3, 0.4) is 0 Å². The van der Waals surface area contributed by atoms with E-state index < -0.39 is 0 Å². The largest absolute Gasteiger partial charge is 0.508 e. The first-order chi connectivity index (χ1) is 15.0. The van der Waals surface area contributed by atoms with Gasteiger partial charge in [0.25, 0.3) is 0 Å². The lowest BCUT2D eigenvalue weighted by Gasteiger charge is -2.25. The van der Waals surface area contributed by atoms with Gasteiger partial charge in [-0.1, -0.05) is 24.3 Å². The minimum absolute atomic E-state index is 0.118. The second kappa shape index (κ2) is 7.32. The molecule has 0 unspecified atom stereocenters. The van der Waals surface area contributed by atoms with Crippen LogP contribution in [0.25, 0.3) is 22.1 Å². The molecule has 1 aliphatic rings. The second-order valence-corrected chi connectivity index (χ2v) is 7.38. The van der Waals surface area contributed by atoms with Crippen LogP contribution < -0.4 is 14.9 Å². The first-order valence-corrected chi connectivity index (χ1v) is 9.77. The minimum Gasteiger partial charge on any atom is -0.508 e. The number of phenolic OH excluding ortho intramolecular Hbond substituents is 1. The Morgan fingerprint density at radius 1 is 0.968 bits per heavy atom. The van der Waals surface area contributed by atoms with Gasteiger partial charge in [-0.15, -0.1) is 0 Å². The van der Waals surface area contributed by atoms with Crippen LogP contribution in [-0.4, -0.2) is 18.2 Å². The van der Waals surface area contributed by atoms with E-state index in [1.165, 1.54) is 18.4 Å². The standard InChI is InChI=1S/C25H18O6/c1-29-17-8-4-14(5-9-17)19-12-22(27)31-21-11-10-18-24(28)20(13-30-25(18)23(19)21)15-2-6-16(26)7-3-15/h2-11,13,19,26H,12H2,1H3/t19-/m0/s1. The topological polar surface area (TPSA) is 86.0 Å². The molecule has 1 aliphatic heterocycles. The van der Waals surface area contributed by atoms with E-state index in [9.17, 15) is 14.7 Å². The maximum absolute atomic E-state index is 13.2. The number of methoxy groups -OCH3 is 1. The minimum atomic E-state index is -0.337. The fourth-order valence-corrected chi connectivity index (χ4v) is 4.02. The van der Waals surface area contributed by atoms with Crippen LogP contribution in [0.15, 0.2) is 76.1 Å². The molecule has 3 aromatic carbocycles. The predicted octanol–water partition coefficient (Wildman–Crippen LogP) is 4.62. The van der Waals surface area contributed by atoms with Gasteiger partial charge in [0, 0.05) is 11.5 Å². The van der Waals surface area contributed by atoms with Gasteiger partial charge in [-0.3, -0.25) is 9.59 Å². The van der Waals surface area contributed by atoms with Gasteiger partial charge < -0.3 is 19.0 Å². The van der Waals surface area contributed by atoms with Crippen molar-refractivity contribution >= 4 is 16.9 Å². The second-order valence-electron chi connectivity index (χ2n) is 7.38. The number of rotatable bonds is 3. The van der Waals surface area contributed by atoms with Crippen LogP contribution in [0.1, 0.15) is 23.5 Å². The normalized spacial score (nSPS) is 15.4. The monoisotopic (exact) mass is 414 g/mol. The molecule has 31 heavy (non-hydrogen) atoms. The third kappa shape index (κ3) is 3.22. The van der Waals surface area contributed by atoms with Crippen LogP contribution in [-0.2, 0) is 4.79 Å². The third-order valence-electron chi connectivity index (χ3n) is 5.58. The SMILES string of the molecule is COc1ccc([C@@H]2CC(=O)Oc3ccc4c(=O)c(-c5ccc(O)cc5)coc4c32)cc1. The molecule has 6 heteroatoms. The third-order valence-corrected chi connectivity index (χ3v) is 5.58. The molecular formula is C25H18O6. The zero-order valence-electron chi connectivity index (χ0n) is 16.6. The fourth-order valence-electron chi connectivity index (χ4n) is 4.02. The molecule has 4 aromatic rings. The van der Waals surface area contributed by atoms with E-state index in [1.807, 2.05) is 24.3 Å². The number of fused-ring (bicyclic) bond motifs is 3. The summed E-state index contributed by atoms with van der Waals surface area (Å²) in [6.07, 6.45) is 1.56. The van der Waals surface area contributed by atoms with Crippen molar-refractivity contribution in [3.63, 3.8) is 0 Å². The molecule has 0 radical (unpaired) electrons. The zero-order chi connectivity index (χ0) is 21.5. The Hall–Kier alpha value is -4.06. The van der Waals surface area contributed by atoms with E-state index in [0.717, 1.165) is 5.56 Å². The first-order valence-electron chi connectivity index (χ1n) is 9.77. The van der Waals surface area contributed by atoms with Crippen molar-refractivity contribution in [3.8, 4) is 28.4 Å². The van der Waals surface area contributed by atoms with Gasteiger partial charge >= 0.3 is 5.97 Å². The quantitative estimate of drug-likeness (QED) is 0.389. The number of ether oxygens (including phenoxy) is 2. The van der Waals surface area contributed by atoms with Crippen LogP contribution in [0.5, 0.6) is 17.2 Å². The number of phenols is 1. The van der Waals surface area contributed by atoms with Crippen molar-refractivity contribution in [3.05, 3.63) is 88.3 Å². The maximum Gasteiger partial charge on any atom is 0.312 e. The highest BCUT2D eigenvalue weighted by Crippen LogP contribution is 2.43. The molecule has 1 aromatic heterocycles. The summed E-state index contributed by atoms with van der Waals surface area (Å²) in [6, 6.07) is 17.1. The molecule has 0 fully saturated rings. The lowest BCUT2D eigenvalue weighted by Crippen LogP contribution is -2.22. The van der Waals surface area contributed by atoms with Crippen molar-refractivity contribution in [1.29, 1.82) is 0 Å². The molecule has 0 saturated heterocycles. The van der Waals surface area contributed by atoms with Gasteiger partial charge in [0.1, 0.15) is 29.1 Å². The lowest BCUT2D eigenvalue weighted by molar-refractivity contribution is -0.135. The molecule has 0 amide bonds. The Labute approximate surface area is 177 Å². The van der Waals surface area contributed by atoms with E-state index in [1.54, 1.807) is 31.4 Å². The Morgan fingerprint density at radius 2 is 1.71 bits per heavy atom. The van der Waals surface area contributed by atoms with Crippen molar-refractivity contribution in [2.45, 2.75) is 12.3 Å². The number of hydrogen-bond acceptors (Lipinski definition) is 6. The number of carbonyl (C=O) groups excluding carboxylic acids is 1. The summed E-state index contributed by atoms with van der Waals surface area (Å²) in [5, 5.41) is 9.92. The average molecular weight is 414 g/mol. The van der Waals surface area contributed by atoms with Crippen LogP contribution in [0.4, 0.5) is 0 Å². The molecular weight excluding hydrogens is 396 g/mol. The average Bonchev–Trinajstić information content (AvgIpc) is 2.79. The molecule has 5 rings (SSSR count). The summed E-state index contributed by atoms with van der Waals surface area (Å²) >= 11 is 0. The highest BCUT2D eigenvalue weighted by atomic mass is 16.5. The summed E-state index contributed by atoms with van der Waals surface area (Å²) in [7, 11) is 1.59. The lowest BCUT2D eigenvalue weighted by atomic mass is 9.85. The maximum atomic E-state index is 13.2. The predicted molar refractivity (Wildman–Crippen MR) is 115 cm³/mol. The summed E-state index contributed by atoms with van der Waals surface area (Å²) in [5.74, 6) is 0.576. The molecule has 154 valence electrons. The Bertz CT molecular complexity index is 1350. The number of aromatic hydroxyl groups is 1. The van der Waals surface area contributed by atoms with E-state index in [-0.39, 0.29) is 29.5 Å². The summed E-state index contributed by atoms with van der Waals surface area (Å²) in [6.45, 7) is 0. The van der Waals surface area contributed by atoms with E-state index >= 15 is 0 Å². The van der Waals surface area contributed by atoms with Gasteiger partial charge in [-0.05, 0) is 47.5 Å². The van der Waals surface area contributed by atoms with Gasteiger partial charge in [-0.25, -0.2) is 0 Å². The van der Waals surface area contributed by atoms with Crippen LogP contribution in [0, 0.1) is 0 Å². The number of benzene rings is 3. The Morgan fingerprint density at radius 3 is 2.42 bits per heavy atom. The number of hydrogen-bond donors (Lipinski definition) is 1. The molecule has 0 bridgehead atoms. The molecule has 0 aliphatic carbocycles. The van der Waals surface area contributed by atoms with Gasteiger partial charge in [0.2, 0.25) is 5.43 Å². The molecule has 1 atom stereocenters. The van der Waals surface area contributed by atoms with Crippen molar-refractivity contribution in [2.24, 2.45) is 0 Å². The van der Waals surface area contributed by atoms with E-state index in [0.29, 0.717) is 39.2 Å². The molecule has 1 N–H and O–H groups in total. The summed E-state index contributed by atoms with van der Waals surface area (Å²) in [4.78, 5) is 25.5. The highest BCUT2D eigenvalue weighted by Gasteiger charge is 2.32. The molecule has 6 nitrogen and oxygen atoms in total. The summed E-state index contributed by atoms with van der Waals surface area (Å²) in [5.41, 5.74) is 2.82. The van der Waals surface area contributed by atoms with Gasteiger partial charge in [0.15, 0.2) is 0 Å². The zero-order valence-corrected chi connectivity index (χ0v) is 16.6. The van der Waals surface area contributed by atoms with E-state index in [2.05, 4.69) is 0 Å². The smallest absolute Gasteiger partial charge is 0.312 e. The van der Waals surface area contributed by atoms with Crippen molar-refractivity contribution in [2.75, 3.05) is 7.11 Å².